The van der Waals surface area contributed by atoms with Gasteiger partial charge in [0.25, 0.3) is 0 Å². The fourth-order valence-electron chi connectivity index (χ4n) is 3.88. The molecule has 3 rings (SSSR count). The number of nitrogens with zero attached hydrogens (tertiary/aromatic N) is 1. The molecule has 0 saturated heterocycles. The highest BCUT2D eigenvalue weighted by atomic mass is 19.4. The maximum atomic E-state index is 13.2. The lowest BCUT2D eigenvalue weighted by Crippen LogP contribution is -2.30. The average Bonchev–Trinajstić information content (AvgIpc) is 2.85. The van der Waals surface area contributed by atoms with Gasteiger partial charge in [-0.2, -0.15) is 0 Å². The number of hydrogen-bond donors (Lipinski definition) is 0. The van der Waals surface area contributed by atoms with E-state index in [2.05, 4.69) is 25.5 Å². The molecule has 5 nitrogen and oxygen atoms in total. The molecule has 0 fully saturated rings. The fourth-order valence-corrected chi connectivity index (χ4v) is 3.88. The Hall–Kier alpha value is -3.81. The first kappa shape index (κ1) is 28.8. The van der Waals surface area contributed by atoms with Crippen molar-refractivity contribution in [2.75, 3.05) is 11.5 Å². The average molecular weight is 528 g/mol. The number of alkyl halides is 3. The van der Waals surface area contributed by atoms with Crippen LogP contribution in [0, 0.1) is 0 Å². The quantitative estimate of drug-likeness (QED) is 0.272. The number of esters is 1. The summed E-state index contributed by atoms with van der Waals surface area (Å²) in [6, 6.07) is 20.8. The zero-order valence-electron chi connectivity index (χ0n) is 22.0. The van der Waals surface area contributed by atoms with Crippen LogP contribution in [0.1, 0.15) is 51.7 Å². The second kappa shape index (κ2) is 12.2. The topological polar surface area (TPSA) is 55.8 Å². The summed E-state index contributed by atoms with van der Waals surface area (Å²) in [6.07, 6.45) is -4.77. The third-order valence-corrected chi connectivity index (χ3v) is 5.91. The van der Waals surface area contributed by atoms with Crippen LogP contribution in [0.3, 0.4) is 0 Å². The Kier molecular flexibility index (Phi) is 9.20. The molecular formula is C30H32F3NO4. The summed E-state index contributed by atoms with van der Waals surface area (Å²) < 4.78 is 46.2. The molecule has 0 unspecified atom stereocenters. The maximum absolute atomic E-state index is 13.2. The first-order valence-electron chi connectivity index (χ1n) is 12.4. The fraction of sp³-hybridized carbons (Fsp3) is 0.333. The van der Waals surface area contributed by atoms with Crippen LogP contribution in [0.5, 0.6) is 5.75 Å². The lowest BCUT2D eigenvalue weighted by Gasteiger charge is -2.24. The summed E-state index contributed by atoms with van der Waals surface area (Å²) in [5, 5.41) is 0. The summed E-state index contributed by atoms with van der Waals surface area (Å²) in [4.78, 5) is 26.7. The molecule has 0 N–H and O–H groups in total. The van der Waals surface area contributed by atoms with Gasteiger partial charge in [0.05, 0.1) is 19.6 Å². The van der Waals surface area contributed by atoms with Crippen molar-refractivity contribution in [3.8, 4) is 16.9 Å². The molecule has 3 aromatic rings. The van der Waals surface area contributed by atoms with E-state index >= 15 is 0 Å². The molecule has 0 spiro atoms. The predicted octanol–water partition coefficient (Wildman–Crippen LogP) is 7.43. The van der Waals surface area contributed by atoms with Crippen molar-refractivity contribution in [2.45, 2.75) is 58.9 Å². The van der Waals surface area contributed by atoms with Gasteiger partial charge in [-0.1, -0.05) is 69.3 Å². The highest BCUT2D eigenvalue weighted by Gasteiger charge is 2.31. The number of anilines is 1. The van der Waals surface area contributed by atoms with Gasteiger partial charge in [-0.3, -0.25) is 9.59 Å². The van der Waals surface area contributed by atoms with E-state index in [0.29, 0.717) is 17.8 Å². The van der Waals surface area contributed by atoms with Gasteiger partial charge in [-0.15, -0.1) is 13.2 Å². The van der Waals surface area contributed by atoms with Gasteiger partial charge in [0.2, 0.25) is 5.91 Å². The Morgan fingerprint density at radius 1 is 0.789 bits per heavy atom. The highest BCUT2D eigenvalue weighted by Crippen LogP contribution is 2.29. The number of carbonyl (C=O) groups is 2. The molecule has 0 aliphatic carbocycles. The summed E-state index contributed by atoms with van der Waals surface area (Å²) in [6.45, 7) is 8.67. The van der Waals surface area contributed by atoms with E-state index < -0.39 is 12.3 Å². The van der Waals surface area contributed by atoms with E-state index in [1.54, 1.807) is 36.1 Å². The minimum Gasteiger partial charge on any atom is -0.466 e. The van der Waals surface area contributed by atoms with Crippen LogP contribution in [0.25, 0.3) is 11.1 Å². The molecule has 0 radical (unpaired) electrons. The van der Waals surface area contributed by atoms with E-state index in [9.17, 15) is 22.8 Å². The van der Waals surface area contributed by atoms with Gasteiger partial charge >= 0.3 is 12.3 Å². The largest absolute Gasteiger partial charge is 0.573 e. The van der Waals surface area contributed by atoms with Crippen molar-refractivity contribution >= 4 is 17.6 Å². The number of amides is 1. The number of halogens is 3. The normalized spacial score (nSPS) is 11.7. The van der Waals surface area contributed by atoms with Gasteiger partial charge in [0.1, 0.15) is 5.75 Å². The van der Waals surface area contributed by atoms with Crippen molar-refractivity contribution in [1.29, 1.82) is 0 Å². The smallest absolute Gasteiger partial charge is 0.466 e. The third-order valence-electron chi connectivity index (χ3n) is 5.91. The van der Waals surface area contributed by atoms with Gasteiger partial charge in [-0.05, 0) is 58.9 Å². The monoisotopic (exact) mass is 527 g/mol. The summed E-state index contributed by atoms with van der Waals surface area (Å²) in [5.74, 6) is -0.947. The minimum atomic E-state index is -4.75. The van der Waals surface area contributed by atoms with Crippen molar-refractivity contribution in [2.24, 2.45) is 0 Å². The van der Waals surface area contributed by atoms with Gasteiger partial charge in [-0.25, -0.2) is 0 Å². The maximum Gasteiger partial charge on any atom is 0.573 e. The molecule has 38 heavy (non-hydrogen) atoms. The van der Waals surface area contributed by atoms with Crippen molar-refractivity contribution in [3.63, 3.8) is 0 Å². The number of ether oxygens (including phenoxy) is 2. The molecule has 0 atom stereocenters. The van der Waals surface area contributed by atoms with E-state index in [1.165, 1.54) is 29.8 Å². The molecule has 0 aromatic heterocycles. The Labute approximate surface area is 221 Å². The van der Waals surface area contributed by atoms with Crippen LogP contribution >= 0.6 is 0 Å². The molecule has 202 valence electrons. The zero-order valence-corrected chi connectivity index (χ0v) is 22.0. The number of hydrogen-bond acceptors (Lipinski definition) is 4. The summed E-state index contributed by atoms with van der Waals surface area (Å²) in [5.41, 5.74) is 4.22. The standard InChI is InChI=1S/C30H32F3NO4/c1-5-37-28(36)19-18-27(35)34(20-21-6-12-24(13-7-21)29(2,3)4)25-14-8-22(9-15-25)23-10-16-26(17-11-23)38-30(31,32)33/h6-17H,5,18-20H2,1-4H3. The van der Waals surface area contributed by atoms with Crippen LogP contribution in [0.15, 0.2) is 72.8 Å². The first-order chi connectivity index (χ1) is 17.9. The SMILES string of the molecule is CCOC(=O)CCC(=O)N(Cc1ccc(C(C)(C)C)cc1)c1ccc(-c2ccc(OC(F)(F)F)cc2)cc1. The lowest BCUT2D eigenvalue weighted by molar-refractivity contribution is -0.274. The number of rotatable bonds is 9. The Morgan fingerprint density at radius 3 is 1.84 bits per heavy atom. The van der Waals surface area contributed by atoms with E-state index in [-0.39, 0.29) is 36.5 Å². The third kappa shape index (κ3) is 8.36. The summed E-state index contributed by atoms with van der Waals surface area (Å²) in [7, 11) is 0. The van der Waals surface area contributed by atoms with Gasteiger partial charge in [0.15, 0.2) is 0 Å². The van der Waals surface area contributed by atoms with E-state index in [0.717, 1.165) is 11.1 Å². The molecular weight excluding hydrogens is 495 g/mol. The van der Waals surface area contributed by atoms with Gasteiger partial charge in [0, 0.05) is 12.1 Å². The first-order valence-corrected chi connectivity index (χ1v) is 12.4. The number of benzene rings is 3. The van der Waals surface area contributed by atoms with E-state index in [1.807, 2.05) is 24.3 Å². The highest BCUT2D eigenvalue weighted by molar-refractivity contribution is 5.95. The van der Waals surface area contributed by atoms with Crippen LogP contribution in [0.2, 0.25) is 0 Å². The molecule has 0 aliphatic rings. The van der Waals surface area contributed by atoms with Crippen molar-refractivity contribution in [3.05, 3.63) is 83.9 Å². The van der Waals surface area contributed by atoms with E-state index in [4.69, 9.17) is 4.74 Å². The molecule has 0 aliphatic heterocycles. The molecule has 0 bridgehead atoms. The molecule has 1 amide bonds. The minimum absolute atomic E-state index is 0.000574. The van der Waals surface area contributed by atoms with Crippen molar-refractivity contribution in [1.82, 2.24) is 0 Å². The summed E-state index contributed by atoms with van der Waals surface area (Å²) >= 11 is 0. The van der Waals surface area contributed by atoms with Crippen LogP contribution in [0.4, 0.5) is 18.9 Å². The number of carbonyl (C=O) groups excluding carboxylic acids is 2. The predicted molar refractivity (Wildman–Crippen MR) is 141 cm³/mol. The molecule has 0 heterocycles. The Bertz CT molecular complexity index is 1210. The molecule has 0 saturated carbocycles. The Morgan fingerprint density at radius 2 is 1.34 bits per heavy atom. The molecule has 3 aromatic carbocycles. The zero-order chi connectivity index (χ0) is 27.9. The Balaban J connectivity index is 1.82. The van der Waals surface area contributed by atoms with Crippen molar-refractivity contribution < 1.29 is 32.2 Å². The van der Waals surface area contributed by atoms with Crippen LogP contribution in [-0.2, 0) is 26.3 Å². The second-order valence-corrected chi connectivity index (χ2v) is 9.85. The van der Waals surface area contributed by atoms with Gasteiger partial charge < -0.3 is 14.4 Å². The lowest BCUT2D eigenvalue weighted by atomic mass is 9.87. The molecule has 8 heteroatoms. The second-order valence-electron chi connectivity index (χ2n) is 9.85. The van der Waals surface area contributed by atoms with Crippen LogP contribution in [-0.4, -0.2) is 24.8 Å². The van der Waals surface area contributed by atoms with Crippen LogP contribution < -0.4 is 9.64 Å².